The number of carbonyl (C=O) groups is 3. The molecule has 0 radical (unpaired) electrons. The van der Waals surface area contributed by atoms with Gasteiger partial charge in [-0.2, -0.15) is 0 Å². The Hall–Kier alpha value is -1.97. The fraction of sp³-hybridized carbons (Fsp3) is 0.640. The predicted octanol–water partition coefficient (Wildman–Crippen LogP) is 6.10. The molecule has 1 aromatic carbocycles. The lowest BCUT2D eigenvalue weighted by Crippen LogP contribution is -2.30. The van der Waals surface area contributed by atoms with Gasteiger partial charge in [0, 0.05) is 11.1 Å². The number of carbonyl (C=O) groups excluding carboxylic acids is 3. The first-order chi connectivity index (χ1) is 14.0. The van der Waals surface area contributed by atoms with Crippen LogP contribution in [0.5, 0.6) is 0 Å². The second-order valence-electron chi connectivity index (χ2n) is 8.51. The molecule has 2 rings (SSSR count). The Morgan fingerprint density at radius 3 is 2.00 bits per heavy atom. The van der Waals surface area contributed by atoms with Gasteiger partial charge in [0.2, 0.25) is 17.7 Å². The van der Waals surface area contributed by atoms with Crippen LogP contribution in [0.25, 0.3) is 0 Å². The third-order valence-electron chi connectivity index (χ3n) is 5.62. The smallest absolute Gasteiger partial charge is 0.309 e. The van der Waals surface area contributed by atoms with Crippen molar-refractivity contribution in [2.75, 3.05) is 0 Å². The Morgan fingerprint density at radius 2 is 1.41 bits per heavy atom. The maximum atomic E-state index is 12.6. The Balaban J connectivity index is 1.75. The van der Waals surface area contributed by atoms with Gasteiger partial charge in [0.1, 0.15) is 0 Å². The van der Waals surface area contributed by atoms with Crippen molar-refractivity contribution >= 4 is 17.5 Å². The van der Waals surface area contributed by atoms with E-state index in [4.69, 9.17) is 4.74 Å². The molecule has 160 valence electrons. The van der Waals surface area contributed by atoms with Crippen LogP contribution in [-0.4, -0.2) is 23.6 Å². The van der Waals surface area contributed by atoms with Crippen molar-refractivity contribution in [3.05, 3.63) is 34.9 Å². The van der Waals surface area contributed by atoms with E-state index in [1.807, 2.05) is 12.1 Å². The van der Waals surface area contributed by atoms with Crippen molar-refractivity contribution in [2.24, 2.45) is 5.92 Å². The number of esters is 1. The third-order valence-corrected chi connectivity index (χ3v) is 5.62. The molecule has 1 atom stereocenters. The molecule has 0 amide bonds. The number of ether oxygens (including phenoxy) is 1. The number of unbranched alkanes of at least 4 members (excludes halogenated alkanes) is 9. The van der Waals surface area contributed by atoms with Gasteiger partial charge < -0.3 is 4.74 Å². The summed E-state index contributed by atoms with van der Waals surface area (Å²) in [6.07, 6.45) is 12.5. The summed E-state index contributed by atoms with van der Waals surface area (Å²) in [5.74, 6) is -1.67. The highest BCUT2D eigenvalue weighted by Gasteiger charge is 2.41. The molecule has 0 aliphatic heterocycles. The van der Waals surface area contributed by atoms with Crippen LogP contribution >= 0.6 is 0 Å². The number of aryl methyl sites for hydroxylation is 1. The van der Waals surface area contributed by atoms with E-state index in [9.17, 15) is 14.4 Å². The van der Waals surface area contributed by atoms with Gasteiger partial charge in [0.05, 0.1) is 5.92 Å². The fourth-order valence-electron chi connectivity index (χ4n) is 3.74. The Kier molecular flexibility index (Phi) is 9.56. The molecule has 1 aliphatic carbocycles. The summed E-state index contributed by atoms with van der Waals surface area (Å²) in [4.78, 5) is 36.8. The molecule has 1 unspecified atom stereocenters. The van der Waals surface area contributed by atoms with E-state index in [1.54, 1.807) is 19.9 Å². The van der Waals surface area contributed by atoms with Crippen LogP contribution in [0.1, 0.15) is 111 Å². The molecule has 0 bridgehead atoms. The number of benzene rings is 1. The molecular formula is C25H36O4. The maximum absolute atomic E-state index is 12.6. The maximum Gasteiger partial charge on any atom is 0.309 e. The van der Waals surface area contributed by atoms with E-state index >= 15 is 0 Å². The average molecular weight is 401 g/mol. The number of hydrogen-bond acceptors (Lipinski definition) is 4. The normalized spacial score (nSPS) is 15.8. The lowest BCUT2D eigenvalue weighted by Gasteiger charge is -2.10. The molecule has 4 heteroatoms. The number of fused-ring (bicyclic) bond motifs is 1. The summed E-state index contributed by atoms with van der Waals surface area (Å²) in [6.45, 7) is 5.61. The van der Waals surface area contributed by atoms with E-state index in [0.29, 0.717) is 11.1 Å². The highest BCUT2D eigenvalue weighted by atomic mass is 16.6. The molecule has 4 nitrogen and oxygen atoms in total. The minimum Gasteiger partial charge on any atom is -0.445 e. The zero-order valence-corrected chi connectivity index (χ0v) is 18.3. The van der Waals surface area contributed by atoms with Crippen LogP contribution in [0.15, 0.2) is 18.2 Å². The summed E-state index contributed by atoms with van der Waals surface area (Å²) in [5, 5.41) is 0. The van der Waals surface area contributed by atoms with Gasteiger partial charge >= 0.3 is 5.97 Å². The van der Waals surface area contributed by atoms with Gasteiger partial charge in [0.15, 0.2) is 0 Å². The summed E-state index contributed by atoms with van der Waals surface area (Å²) in [7, 11) is 0. The van der Waals surface area contributed by atoms with Crippen LogP contribution in [0.3, 0.4) is 0 Å². The third kappa shape index (κ3) is 6.80. The molecule has 29 heavy (non-hydrogen) atoms. The first-order valence-electron chi connectivity index (χ1n) is 11.4. The van der Waals surface area contributed by atoms with Gasteiger partial charge in [-0.05, 0) is 24.5 Å². The first kappa shape index (κ1) is 23.3. The molecule has 1 aliphatic rings. The largest absolute Gasteiger partial charge is 0.445 e. The number of hydrogen-bond donors (Lipinski definition) is 0. The van der Waals surface area contributed by atoms with Crippen molar-refractivity contribution in [3.8, 4) is 0 Å². The van der Waals surface area contributed by atoms with Gasteiger partial charge in [-0.3, -0.25) is 14.4 Å². The quantitative estimate of drug-likeness (QED) is 0.228. The monoisotopic (exact) mass is 400 g/mol. The van der Waals surface area contributed by atoms with Gasteiger partial charge in [-0.15, -0.1) is 0 Å². The minimum absolute atomic E-state index is 0.369. The van der Waals surface area contributed by atoms with Crippen LogP contribution < -0.4 is 0 Å². The average Bonchev–Trinajstić information content (AvgIpc) is 2.93. The molecule has 0 spiro atoms. The van der Waals surface area contributed by atoms with E-state index in [2.05, 4.69) is 6.92 Å². The number of ketones is 2. The van der Waals surface area contributed by atoms with Crippen LogP contribution in [0.2, 0.25) is 0 Å². The standard InChI is InChI=1S/C25H36O4/c1-4-5-6-7-8-9-10-11-12-13-14-19-15-16-20-21(17-19)23(27)24(22(20)26)29-25(28)18(2)3/h15-18,24H,4-14H2,1-3H3. The van der Waals surface area contributed by atoms with Gasteiger partial charge in [0.25, 0.3) is 0 Å². The molecule has 0 aromatic heterocycles. The predicted molar refractivity (Wildman–Crippen MR) is 115 cm³/mol. The number of Topliss-reactive ketones (excluding diaryl/α,β-unsaturated/α-hetero) is 2. The van der Waals surface area contributed by atoms with Crippen LogP contribution in [0.4, 0.5) is 0 Å². The summed E-state index contributed by atoms with van der Waals surface area (Å²) < 4.78 is 5.15. The summed E-state index contributed by atoms with van der Waals surface area (Å²) in [5.41, 5.74) is 1.85. The highest BCUT2D eigenvalue weighted by molar-refractivity contribution is 6.29. The van der Waals surface area contributed by atoms with Crippen molar-refractivity contribution < 1.29 is 19.1 Å². The topological polar surface area (TPSA) is 60.4 Å². The molecule has 0 fully saturated rings. The molecular weight excluding hydrogens is 364 g/mol. The van der Waals surface area contributed by atoms with Gasteiger partial charge in [-0.1, -0.05) is 90.7 Å². The zero-order chi connectivity index (χ0) is 21.2. The lowest BCUT2D eigenvalue weighted by molar-refractivity contribution is -0.148. The molecule has 0 N–H and O–H groups in total. The molecule has 0 saturated carbocycles. The minimum atomic E-state index is -1.30. The fourth-order valence-corrected chi connectivity index (χ4v) is 3.74. The molecule has 1 aromatic rings. The first-order valence-corrected chi connectivity index (χ1v) is 11.4. The van der Waals surface area contributed by atoms with E-state index < -0.39 is 17.9 Å². The van der Waals surface area contributed by atoms with Crippen molar-refractivity contribution in [3.63, 3.8) is 0 Å². The molecule has 0 heterocycles. The van der Waals surface area contributed by atoms with Crippen LogP contribution in [-0.2, 0) is 16.0 Å². The second kappa shape index (κ2) is 11.9. The summed E-state index contributed by atoms with van der Waals surface area (Å²) >= 11 is 0. The Bertz CT molecular complexity index is 705. The van der Waals surface area contributed by atoms with Gasteiger partial charge in [-0.25, -0.2) is 0 Å². The summed E-state index contributed by atoms with van der Waals surface area (Å²) in [6, 6.07) is 5.45. The van der Waals surface area contributed by atoms with Crippen molar-refractivity contribution in [1.29, 1.82) is 0 Å². The second-order valence-corrected chi connectivity index (χ2v) is 8.51. The zero-order valence-electron chi connectivity index (χ0n) is 18.3. The SMILES string of the molecule is CCCCCCCCCCCCc1ccc2c(c1)C(=O)C(OC(=O)C(C)C)C2=O. The van der Waals surface area contributed by atoms with E-state index in [0.717, 1.165) is 18.4 Å². The molecule has 0 saturated heterocycles. The van der Waals surface area contributed by atoms with Crippen molar-refractivity contribution in [1.82, 2.24) is 0 Å². The van der Waals surface area contributed by atoms with E-state index in [1.165, 1.54) is 57.8 Å². The van der Waals surface area contributed by atoms with Crippen molar-refractivity contribution in [2.45, 2.75) is 97.5 Å². The Labute approximate surface area is 175 Å². The lowest BCUT2D eigenvalue weighted by atomic mass is 10.0. The number of rotatable bonds is 13. The Morgan fingerprint density at radius 1 is 0.862 bits per heavy atom. The van der Waals surface area contributed by atoms with Crippen LogP contribution in [0, 0.1) is 5.92 Å². The highest BCUT2D eigenvalue weighted by Crippen LogP contribution is 2.27. The van der Waals surface area contributed by atoms with E-state index in [-0.39, 0.29) is 11.7 Å².